The van der Waals surface area contributed by atoms with E-state index in [2.05, 4.69) is 5.32 Å². The number of aryl methyl sites for hydroxylation is 1. The Hall–Kier alpha value is -2.49. The van der Waals surface area contributed by atoms with Crippen LogP contribution in [0.5, 0.6) is 0 Å². The van der Waals surface area contributed by atoms with Crippen molar-refractivity contribution in [2.45, 2.75) is 6.92 Å². The van der Waals surface area contributed by atoms with Crippen LogP contribution in [0.3, 0.4) is 0 Å². The van der Waals surface area contributed by atoms with Gasteiger partial charge in [0.25, 0.3) is 5.91 Å². The maximum Gasteiger partial charge on any atom is 0.258 e. The van der Waals surface area contributed by atoms with E-state index in [4.69, 9.17) is 0 Å². The zero-order valence-electron chi connectivity index (χ0n) is 10.3. The van der Waals surface area contributed by atoms with Crippen LogP contribution >= 0.6 is 0 Å². The van der Waals surface area contributed by atoms with Gasteiger partial charge in [-0.25, -0.2) is 4.39 Å². The number of amides is 1. The Morgan fingerprint density at radius 1 is 1.16 bits per heavy atom. The van der Waals surface area contributed by atoms with E-state index in [9.17, 15) is 14.0 Å². The Morgan fingerprint density at radius 2 is 1.84 bits per heavy atom. The molecule has 0 atom stereocenters. The summed E-state index contributed by atoms with van der Waals surface area (Å²) in [6, 6.07) is 10.7. The van der Waals surface area contributed by atoms with Gasteiger partial charge in [-0.2, -0.15) is 0 Å². The Labute approximate surface area is 110 Å². The van der Waals surface area contributed by atoms with Crippen molar-refractivity contribution in [1.82, 2.24) is 0 Å². The number of hydrogen-bond acceptors (Lipinski definition) is 2. The van der Waals surface area contributed by atoms with Crippen molar-refractivity contribution in [3.63, 3.8) is 0 Å². The Morgan fingerprint density at radius 3 is 2.47 bits per heavy atom. The normalized spacial score (nSPS) is 10.0. The molecule has 2 rings (SSSR count). The molecule has 2 aromatic rings. The molecular formula is C15H12FNO2. The molecule has 0 aliphatic carbocycles. The van der Waals surface area contributed by atoms with Gasteiger partial charge in [0.15, 0.2) is 0 Å². The highest BCUT2D eigenvalue weighted by atomic mass is 19.1. The van der Waals surface area contributed by atoms with Crippen molar-refractivity contribution in [3.8, 4) is 0 Å². The van der Waals surface area contributed by atoms with Crippen molar-refractivity contribution >= 4 is 17.9 Å². The van der Waals surface area contributed by atoms with Crippen LogP contribution in [0.25, 0.3) is 0 Å². The predicted molar refractivity (Wildman–Crippen MR) is 70.9 cm³/mol. The first kappa shape index (κ1) is 13.0. The van der Waals surface area contributed by atoms with Crippen molar-refractivity contribution < 1.29 is 14.0 Å². The van der Waals surface area contributed by atoms with E-state index < -0.39 is 11.7 Å². The molecule has 0 aliphatic rings. The highest BCUT2D eigenvalue weighted by Gasteiger charge is 2.11. The summed E-state index contributed by atoms with van der Waals surface area (Å²) in [6.45, 7) is 1.79. The SMILES string of the molecule is Cc1ccc(F)c(C(=O)Nc2ccc(C=O)cc2)c1. The summed E-state index contributed by atoms with van der Waals surface area (Å²) in [5, 5.41) is 2.58. The van der Waals surface area contributed by atoms with Gasteiger partial charge >= 0.3 is 0 Å². The van der Waals surface area contributed by atoms with Gasteiger partial charge in [0, 0.05) is 11.3 Å². The van der Waals surface area contributed by atoms with Gasteiger partial charge in [-0.15, -0.1) is 0 Å². The van der Waals surface area contributed by atoms with Crippen molar-refractivity contribution in [2.24, 2.45) is 0 Å². The minimum Gasteiger partial charge on any atom is -0.322 e. The monoisotopic (exact) mass is 257 g/mol. The highest BCUT2D eigenvalue weighted by molar-refractivity contribution is 6.04. The molecule has 2 aromatic carbocycles. The van der Waals surface area contributed by atoms with Crippen LogP contribution in [0.1, 0.15) is 26.3 Å². The number of benzene rings is 2. The van der Waals surface area contributed by atoms with Crippen LogP contribution in [0.15, 0.2) is 42.5 Å². The third kappa shape index (κ3) is 3.04. The molecule has 1 amide bonds. The van der Waals surface area contributed by atoms with Crippen molar-refractivity contribution in [2.75, 3.05) is 5.32 Å². The van der Waals surface area contributed by atoms with Crippen LogP contribution in [0.2, 0.25) is 0 Å². The van der Waals surface area contributed by atoms with Gasteiger partial charge in [-0.1, -0.05) is 11.6 Å². The minimum absolute atomic E-state index is 0.000496. The number of aldehydes is 1. The topological polar surface area (TPSA) is 46.2 Å². The summed E-state index contributed by atoms with van der Waals surface area (Å²) in [5.41, 5.74) is 1.83. The summed E-state index contributed by atoms with van der Waals surface area (Å²) >= 11 is 0. The second-order valence-corrected chi connectivity index (χ2v) is 4.18. The van der Waals surface area contributed by atoms with E-state index in [1.165, 1.54) is 12.1 Å². The molecule has 19 heavy (non-hydrogen) atoms. The van der Waals surface area contributed by atoms with Gasteiger partial charge in [0.05, 0.1) is 5.56 Å². The van der Waals surface area contributed by atoms with Gasteiger partial charge < -0.3 is 5.32 Å². The molecule has 0 heterocycles. The van der Waals surface area contributed by atoms with Crippen LogP contribution in [-0.4, -0.2) is 12.2 Å². The summed E-state index contributed by atoms with van der Waals surface area (Å²) in [4.78, 5) is 22.4. The fourth-order valence-electron chi connectivity index (χ4n) is 1.66. The fourth-order valence-corrected chi connectivity index (χ4v) is 1.66. The molecule has 4 heteroatoms. The van der Waals surface area contributed by atoms with E-state index in [1.54, 1.807) is 37.3 Å². The smallest absolute Gasteiger partial charge is 0.258 e. The Kier molecular flexibility index (Phi) is 3.71. The summed E-state index contributed by atoms with van der Waals surface area (Å²) in [5.74, 6) is -1.08. The third-order valence-corrected chi connectivity index (χ3v) is 2.67. The number of rotatable bonds is 3. The zero-order valence-corrected chi connectivity index (χ0v) is 10.3. The van der Waals surface area contributed by atoms with Gasteiger partial charge in [0.2, 0.25) is 0 Å². The fraction of sp³-hybridized carbons (Fsp3) is 0.0667. The first-order chi connectivity index (χ1) is 9.10. The van der Waals surface area contributed by atoms with Gasteiger partial charge in [-0.3, -0.25) is 9.59 Å². The Balaban J connectivity index is 2.20. The van der Waals surface area contributed by atoms with Gasteiger partial charge in [-0.05, 0) is 43.3 Å². The van der Waals surface area contributed by atoms with Gasteiger partial charge in [0.1, 0.15) is 12.1 Å². The van der Waals surface area contributed by atoms with E-state index in [0.29, 0.717) is 17.5 Å². The lowest BCUT2D eigenvalue weighted by atomic mass is 10.1. The maximum absolute atomic E-state index is 13.5. The first-order valence-electron chi connectivity index (χ1n) is 5.73. The molecule has 0 unspecified atom stereocenters. The number of nitrogens with one attached hydrogen (secondary N) is 1. The lowest BCUT2D eigenvalue weighted by Crippen LogP contribution is -2.14. The molecule has 0 aliphatic heterocycles. The predicted octanol–water partition coefficient (Wildman–Crippen LogP) is 3.20. The largest absolute Gasteiger partial charge is 0.322 e. The zero-order chi connectivity index (χ0) is 13.8. The third-order valence-electron chi connectivity index (χ3n) is 2.67. The number of anilines is 1. The molecular weight excluding hydrogens is 245 g/mol. The lowest BCUT2D eigenvalue weighted by molar-refractivity contribution is 0.102. The molecule has 0 aromatic heterocycles. The molecule has 3 nitrogen and oxygen atoms in total. The molecule has 0 saturated carbocycles. The Bertz CT molecular complexity index is 621. The number of carbonyl (C=O) groups excluding carboxylic acids is 2. The minimum atomic E-state index is -0.562. The summed E-state index contributed by atoms with van der Waals surface area (Å²) in [6.07, 6.45) is 0.714. The quantitative estimate of drug-likeness (QED) is 0.858. The molecule has 96 valence electrons. The average Bonchev–Trinajstić information content (AvgIpc) is 2.42. The number of halogens is 1. The lowest BCUT2D eigenvalue weighted by Gasteiger charge is -2.07. The summed E-state index contributed by atoms with van der Waals surface area (Å²) in [7, 11) is 0. The number of hydrogen-bond donors (Lipinski definition) is 1. The van der Waals surface area contributed by atoms with Crippen LogP contribution < -0.4 is 5.32 Å². The molecule has 0 spiro atoms. The molecule has 1 N–H and O–H groups in total. The van der Waals surface area contributed by atoms with Crippen molar-refractivity contribution in [1.29, 1.82) is 0 Å². The molecule has 0 fully saturated rings. The van der Waals surface area contributed by atoms with Crippen LogP contribution in [-0.2, 0) is 0 Å². The second kappa shape index (κ2) is 5.44. The second-order valence-electron chi connectivity index (χ2n) is 4.18. The van der Waals surface area contributed by atoms with E-state index in [-0.39, 0.29) is 5.56 Å². The molecule has 0 radical (unpaired) electrons. The molecule has 0 saturated heterocycles. The van der Waals surface area contributed by atoms with E-state index in [1.807, 2.05) is 0 Å². The average molecular weight is 257 g/mol. The summed E-state index contributed by atoms with van der Waals surface area (Å²) < 4.78 is 13.5. The van der Waals surface area contributed by atoms with Crippen molar-refractivity contribution in [3.05, 3.63) is 65.0 Å². The van der Waals surface area contributed by atoms with E-state index in [0.717, 1.165) is 5.56 Å². The first-order valence-corrected chi connectivity index (χ1v) is 5.73. The molecule has 0 bridgehead atoms. The van der Waals surface area contributed by atoms with Crippen LogP contribution in [0.4, 0.5) is 10.1 Å². The maximum atomic E-state index is 13.5. The standard InChI is InChI=1S/C15H12FNO2/c1-10-2-7-14(16)13(8-10)15(19)17-12-5-3-11(9-18)4-6-12/h2-9H,1H3,(H,17,19). The number of carbonyl (C=O) groups is 2. The van der Waals surface area contributed by atoms with Crippen LogP contribution in [0, 0.1) is 12.7 Å². The van der Waals surface area contributed by atoms with E-state index >= 15 is 0 Å². The highest BCUT2D eigenvalue weighted by Crippen LogP contribution is 2.14.